The van der Waals surface area contributed by atoms with E-state index in [1.807, 2.05) is 42.5 Å². The second-order valence-corrected chi connectivity index (χ2v) is 4.72. The number of benzene rings is 2. The molecule has 6 N–H and O–H groups in total. The average Bonchev–Trinajstić information content (AvgIpc) is 2.53. The molecule has 0 heterocycles. The fourth-order valence-electron chi connectivity index (χ4n) is 1.91. The Morgan fingerprint density at radius 1 is 1.10 bits per heavy atom. The number of amides is 1. The van der Waals surface area contributed by atoms with E-state index in [0.717, 1.165) is 11.1 Å². The molecule has 1 atom stereocenters. The highest BCUT2D eigenvalue weighted by atomic mass is 16.2. The molecule has 0 aliphatic carbocycles. The van der Waals surface area contributed by atoms with Crippen LogP contribution in [-0.2, 0) is 11.3 Å². The van der Waals surface area contributed by atoms with Crippen LogP contribution in [0, 0.1) is 5.41 Å². The van der Waals surface area contributed by atoms with Gasteiger partial charge in [-0.2, -0.15) is 0 Å². The monoisotopic (exact) mass is 282 g/mol. The summed E-state index contributed by atoms with van der Waals surface area (Å²) in [5.74, 6) is -0.200. The molecule has 0 unspecified atom stereocenters. The van der Waals surface area contributed by atoms with Crippen molar-refractivity contribution in [3.63, 3.8) is 0 Å². The summed E-state index contributed by atoms with van der Waals surface area (Å²) in [7, 11) is 0. The molecule has 0 radical (unpaired) electrons. The van der Waals surface area contributed by atoms with Crippen LogP contribution >= 0.6 is 0 Å². The van der Waals surface area contributed by atoms with Crippen molar-refractivity contribution in [1.82, 2.24) is 5.32 Å². The number of rotatable bonds is 5. The smallest absolute Gasteiger partial charge is 0.241 e. The lowest BCUT2D eigenvalue weighted by molar-refractivity contribution is -0.122. The molecule has 0 saturated carbocycles. The van der Waals surface area contributed by atoms with E-state index in [4.69, 9.17) is 16.9 Å². The fourth-order valence-corrected chi connectivity index (χ4v) is 1.91. The molecule has 0 aromatic heterocycles. The van der Waals surface area contributed by atoms with Crippen LogP contribution in [0.4, 0.5) is 0 Å². The van der Waals surface area contributed by atoms with E-state index in [0.29, 0.717) is 12.1 Å². The van der Waals surface area contributed by atoms with Crippen LogP contribution in [0.3, 0.4) is 0 Å². The predicted octanol–water partition coefficient (Wildman–Crippen LogP) is 1.29. The molecule has 0 aliphatic heterocycles. The number of amidine groups is 1. The summed E-state index contributed by atoms with van der Waals surface area (Å²) in [6.45, 7) is 0.386. The largest absolute Gasteiger partial charge is 0.384 e. The second-order valence-electron chi connectivity index (χ2n) is 4.72. The summed E-state index contributed by atoms with van der Waals surface area (Å²) >= 11 is 0. The highest BCUT2D eigenvalue weighted by molar-refractivity contribution is 5.94. The Hall–Kier alpha value is -2.66. The summed E-state index contributed by atoms with van der Waals surface area (Å²) in [6, 6.07) is 15.7. The van der Waals surface area contributed by atoms with E-state index in [2.05, 4.69) is 5.32 Å². The molecule has 0 saturated heterocycles. The van der Waals surface area contributed by atoms with Crippen molar-refractivity contribution in [2.24, 2.45) is 11.5 Å². The summed E-state index contributed by atoms with van der Waals surface area (Å²) in [6.07, 6.45) is 0. The quantitative estimate of drug-likeness (QED) is 0.490. The van der Waals surface area contributed by atoms with Gasteiger partial charge in [-0.15, -0.1) is 0 Å². The normalized spacial score (nSPS) is 11.7. The zero-order valence-corrected chi connectivity index (χ0v) is 11.5. The van der Waals surface area contributed by atoms with E-state index in [9.17, 15) is 4.79 Å². The van der Waals surface area contributed by atoms with Gasteiger partial charge in [0.05, 0.1) is 0 Å². The second kappa shape index (κ2) is 6.67. The number of carbonyl (C=O) groups is 1. The van der Waals surface area contributed by atoms with Gasteiger partial charge in [0.15, 0.2) is 0 Å². The lowest BCUT2D eigenvalue weighted by atomic mass is 10.1. The Balaban J connectivity index is 1.93. The van der Waals surface area contributed by atoms with Crippen molar-refractivity contribution in [3.8, 4) is 0 Å². The van der Waals surface area contributed by atoms with Gasteiger partial charge in [0.1, 0.15) is 11.9 Å². The lowest BCUT2D eigenvalue weighted by Crippen LogP contribution is -2.33. The Bertz CT molecular complexity index is 622. The van der Waals surface area contributed by atoms with Crippen molar-refractivity contribution >= 4 is 11.7 Å². The van der Waals surface area contributed by atoms with Gasteiger partial charge in [0, 0.05) is 12.1 Å². The Kier molecular flexibility index (Phi) is 4.68. The third kappa shape index (κ3) is 3.90. The highest BCUT2D eigenvalue weighted by Gasteiger charge is 2.14. The van der Waals surface area contributed by atoms with Gasteiger partial charge in [-0.3, -0.25) is 10.2 Å². The standard InChI is InChI=1S/C16H18N4O/c17-14(12-4-2-1-3-5-12)16(21)20-10-11-6-8-13(9-7-11)15(18)19/h1-9,14H,10,17H2,(H3,18,19)(H,20,21)/t14-/m0/s1. The zero-order chi connectivity index (χ0) is 15.2. The van der Waals surface area contributed by atoms with E-state index in [-0.39, 0.29) is 11.7 Å². The van der Waals surface area contributed by atoms with Crippen LogP contribution in [0.5, 0.6) is 0 Å². The molecule has 5 heteroatoms. The zero-order valence-electron chi connectivity index (χ0n) is 11.5. The third-order valence-electron chi connectivity index (χ3n) is 3.17. The minimum atomic E-state index is -0.678. The first-order chi connectivity index (χ1) is 10.1. The molecule has 2 rings (SSSR count). The molecule has 0 fully saturated rings. The first-order valence-electron chi connectivity index (χ1n) is 6.59. The molecule has 1 amide bonds. The van der Waals surface area contributed by atoms with Crippen LogP contribution in [0.2, 0.25) is 0 Å². The molecule has 2 aromatic rings. The van der Waals surface area contributed by atoms with E-state index >= 15 is 0 Å². The van der Waals surface area contributed by atoms with Gasteiger partial charge in [0.2, 0.25) is 5.91 Å². The molecule has 5 nitrogen and oxygen atoms in total. The SMILES string of the molecule is N=C(N)c1ccc(CNC(=O)[C@@H](N)c2ccccc2)cc1. The minimum absolute atomic E-state index is 0.0247. The Labute approximate surface area is 123 Å². The maximum absolute atomic E-state index is 12.0. The van der Waals surface area contributed by atoms with Gasteiger partial charge in [-0.1, -0.05) is 54.6 Å². The summed E-state index contributed by atoms with van der Waals surface area (Å²) in [5, 5.41) is 10.1. The molecular weight excluding hydrogens is 264 g/mol. The van der Waals surface area contributed by atoms with Crippen LogP contribution in [0.25, 0.3) is 0 Å². The first-order valence-corrected chi connectivity index (χ1v) is 6.59. The van der Waals surface area contributed by atoms with E-state index < -0.39 is 6.04 Å². The molecule has 108 valence electrons. The van der Waals surface area contributed by atoms with Gasteiger partial charge in [-0.05, 0) is 11.1 Å². The average molecular weight is 282 g/mol. The fraction of sp³-hybridized carbons (Fsp3) is 0.125. The maximum Gasteiger partial charge on any atom is 0.241 e. The van der Waals surface area contributed by atoms with Gasteiger partial charge >= 0.3 is 0 Å². The first kappa shape index (κ1) is 14.7. The van der Waals surface area contributed by atoms with Crippen molar-refractivity contribution in [2.45, 2.75) is 12.6 Å². The number of nitrogens with two attached hydrogens (primary N) is 2. The number of nitrogen functional groups attached to an aromatic ring is 1. The summed E-state index contributed by atoms with van der Waals surface area (Å²) < 4.78 is 0. The van der Waals surface area contributed by atoms with Gasteiger partial charge in [0.25, 0.3) is 0 Å². The molecule has 0 spiro atoms. The number of hydrogen-bond acceptors (Lipinski definition) is 3. The van der Waals surface area contributed by atoms with Crippen LogP contribution in [0.15, 0.2) is 54.6 Å². The molecule has 0 aliphatic rings. The molecular formula is C16H18N4O. The van der Waals surface area contributed by atoms with Crippen molar-refractivity contribution in [3.05, 3.63) is 71.3 Å². The minimum Gasteiger partial charge on any atom is -0.384 e. The van der Waals surface area contributed by atoms with Crippen LogP contribution < -0.4 is 16.8 Å². The van der Waals surface area contributed by atoms with Gasteiger partial charge in [-0.25, -0.2) is 0 Å². The lowest BCUT2D eigenvalue weighted by Gasteiger charge is -2.12. The Morgan fingerprint density at radius 2 is 1.71 bits per heavy atom. The molecule has 0 bridgehead atoms. The van der Waals surface area contributed by atoms with Crippen LogP contribution in [0.1, 0.15) is 22.7 Å². The van der Waals surface area contributed by atoms with Crippen molar-refractivity contribution < 1.29 is 4.79 Å². The van der Waals surface area contributed by atoms with Crippen LogP contribution in [-0.4, -0.2) is 11.7 Å². The summed E-state index contributed by atoms with van der Waals surface area (Å²) in [5.41, 5.74) is 13.7. The Morgan fingerprint density at radius 3 is 2.29 bits per heavy atom. The number of hydrogen-bond donors (Lipinski definition) is 4. The number of carbonyl (C=O) groups excluding carboxylic acids is 1. The highest BCUT2D eigenvalue weighted by Crippen LogP contribution is 2.10. The topological polar surface area (TPSA) is 105 Å². The third-order valence-corrected chi connectivity index (χ3v) is 3.17. The van der Waals surface area contributed by atoms with Crippen molar-refractivity contribution in [1.29, 1.82) is 5.41 Å². The van der Waals surface area contributed by atoms with E-state index in [1.54, 1.807) is 12.1 Å². The predicted molar refractivity (Wildman–Crippen MR) is 82.7 cm³/mol. The van der Waals surface area contributed by atoms with E-state index in [1.165, 1.54) is 0 Å². The van der Waals surface area contributed by atoms with Crippen molar-refractivity contribution in [2.75, 3.05) is 0 Å². The van der Waals surface area contributed by atoms with Gasteiger partial charge < -0.3 is 16.8 Å². The summed E-state index contributed by atoms with van der Waals surface area (Å²) in [4.78, 5) is 12.0. The number of nitrogens with one attached hydrogen (secondary N) is 2. The molecule has 2 aromatic carbocycles. The molecule has 21 heavy (non-hydrogen) atoms. The maximum atomic E-state index is 12.0.